The van der Waals surface area contributed by atoms with E-state index in [0.29, 0.717) is 12.6 Å². The van der Waals surface area contributed by atoms with Gasteiger partial charge in [-0.15, -0.1) is 0 Å². The highest BCUT2D eigenvalue weighted by Gasteiger charge is 2.10. The van der Waals surface area contributed by atoms with E-state index in [9.17, 15) is 4.39 Å². The minimum Gasteiger partial charge on any atom is -0.372 e. The van der Waals surface area contributed by atoms with Crippen molar-refractivity contribution < 1.29 is 4.39 Å². The summed E-state index contributed by atoms with van der Waals surface area (Å²) in [6, 6.07) is 5.52. The summed E-state index contributed by atoms with van der Waals surface area (Å²) in [6.45, 7) is 11.3. The molecule has 2 nitrogen and oxygen atoms in total. The van der Waals surface area contributed by atoms with Crippen molar-refractivity contribution in [2.45, 2.75) is 53.1 Å². The van der Waals surface area contributed by atoms with E-state index in [4.69, 9.17) is 0 Å². The Morgan fingerprint density at radius 2 is 2.00 bits per heavy atom. The molecular formula is C16H27FN2. The normalized spacial score (nSPS) is 11.1. The van der Waals surface area contributed by atoms with Crippen molar-refractivity contribution >= 4 is 5.69 Å². The highest BCUT2D eigenvalue weighted by Crippen LogP contribution is 2.22. The smallest absolute Gasteiger partial charge is 0.123 e. The first-order valence-electron chi connectivity index (χ1n) is 7.35. The van der Waals surface area contributed by atoms with E-state index in [1.54, 1.807) is 12.1 Å². The molecule has 0 spiro atoms. The molecule has 0 saturated heterocycles. The number of rotatable bonds is 8. The van der Waals surface area contributed by atoms with Gasteiger partial charge in [0.15, 0.2) is 0 Å². The van der Waals surface area contributed by atoms with Gasteiger partial charge in [-0.1, -0.05) is 27.2 Å². The molecule has 0 aliphatic carbocycles. The molecule has 0 saturated carbocycles. The van der Waals surface area contributed by atoms with Crippen LogP contribution in [0.25, 0.3) is 0 Å². The van der Waals surface area contributed by atoms with Gasteiger partial charge < -0.3 is 10.2 Å². The Kier molecular flexibility index (Phi) is 6.85. The summed E-state index contributed by atoms with van der Waals surface area (Å²) in [4.78, 5) is 2.33. The maximum absolute atomic E-state index is 13.4. The maximum Gasteiger partial charge on any atom is 0.123 e. The Hall–Kier alpha value is -1.09. The summed E-state index contributed by atoms with van der Waals surface area (Å²) < 4.78 is 13.4. The summed E-state index contributed by atoms with van der Waals surface area (Å²) in [5, 5.41) is 3.37. The van der Waals surface area contributed by atoms with E-state index in [0.717, 1.165) is 24.3 Å². The lowest BCUT2D eigenvalue weighted by molar-refractivity contribution is 0.579. The predicted octanol–water partition coefficient (Wildman–Crippen LogP) is 3.95. The first-order chi connectivity index (χ1) is 9.08. The van der Waals surface area contributed by atoms with Crippen molar-refractivity contribution in [3.63, 3.8) is 0 Å². The van der Waals surface area contributed by atoms with Crippen LogP contribution in [-0.2, 0) is 6.54 Å². The van der Waals surface area contributed by atoms with Crippen LogP contribution in [0, 0.1) is 5.82 Å². The largest absolute Gasteiger partial charge is 0.372 e. The molecule has 19 heavy (non-hydrogen) atoms. The second kappa shape index (κ2) is 8.16. The van der Waals surface area contributed by atoms with E-state index in [2.05, 4.69) is 37.9 Å². The summed E-state index contributed by atoms with van der Waals surface area (Å²) >= 11 is 0. The highest BCUT2D eigenvalue weighted by atomic mass is 19.1. The van der Waals surface area contributed by atoms with Crippen molar-refractivity contribution in [1.82, 2.24) is 5.32 Å². The van der Waals surface area contributed by atoms with Crippen LogP contribution in [0.2, 0.25) is 0 Å². The predicted molar refractivity (Wildman–Crippen MR) is 81.2 cm³/mol. The van der Waals surface area contributed by atoms with E-state index >= 15 is 0 Å². The molecule has 3 heteroatoms. The van der Waals surface area contributed by atoms with Crippen molar-refractivity contribution in [2.75, 3.05) is 18.0 Å². The molecule has 1 aromatic carbocycles. The van der Waals surface area contributed by atoms with Gasteiger partial charge in [0, 0.05) is 31.4 Å². The lowest BCUT2D eigenvalue weighted by Crippen LogP contribution is -2.28. The van der Waals surface area contributed by atoms with Gasteiger partial charge in [-0.05, 0) is 37.1 Å². The van der Waals surface area contributed by atoms with Crippen LogP contribution in [-0.4, -0.2) is 19.1 Å². The number of anilines is 1. The molecule has 0 atom stereocenters. The van der Waals surface area contributed by atoms with Crippen LogP contribution >= 0.6 is 0 Å². The fraction of sp³-hybridized carbons (Fsp3) is 0.625. The minimum absolute atomic E-state index is 0.157. The van der Waals surface area contributed by atoms with E-state index < -0.39 is 0 Å². The average molecular weight is 266 g/mol. The summed E-state index contributed by atoms with van der Waals surface area (Å²) in [5.74, 6) is -0.157. The lowest BCUT2D eigenvalue weighted by Gasteiger charge is -2.26. The third-order valence-electron chi connectivity index (χ3n) is 3.25. The van der Waals surface area contributed by atoms with Gasteiger partial charge in [0.2, 0.25) is 0 Å². The molecule has 0 heterocycles. The van der Waals surface area contributed by atoms with Crippen LogP contribution in [0.15, 0.2) is 18.2 Å². The third kappa shape index (κ3) is 5.19. The number of unbranched alkanes of at least 4 members (excludes halogenated alkanes) is 1. The van der Waals surface area contributed by atoms with Crippen molar-refractivity contribution in [3.05, 3.63) is 29.6 Å². The number of halogens is 1. The standard InChI is InChI=1S/C16H27FN2/c1-5-7-10-19(6-2)16-9-8-15(17)11-14(16)12-18-13(3)4/h8-9,11,13,18H,5-7,10,12H2,1-4H3. The Labute approximate surface area is 117 Å². The lowest BCUT2D eigenvalue weighted by atomic mass is 10.1. The molecule has 0 aromatic heterocycles. The number of hydrogen-bond acceptors (Lipinski definition) is 2. The Morgan fingerprint density at radius 3 is 2.58 bits per heavy atom. The second-order valence-electron chi connectivity index (χ2n) is 5.24. The van der Waals surface area contributed by atoms with E-state index in [-0.39, 0.29) is 5.82 Å². The highest BCUT2D eigenvalue weighted by molar-refractivity contribution is 5.53. The molecule has 1 rings (SSSR count). The van der Waals surface area contributed by atoms with Gasteiger partial charge >= 0.3 is 0 Å². The summed E-state index contributed by atoms with van der Waals surface area (Å²) in [5.41, 5.74) is 2.21. The fourth-order valence-corrected chi connectivity index (χ4v) is 2.12. The first-order valence-corrected chi connectivity index (χ1v) is 7.35. The van der Waals surface area contributed by atoms with Crippen LogP contribution < -0.4 is 10.2 Å². The zero-order chi connectivity index (χ0) is 14.3. The van der Waals surface area contributed by atoms with Crippen molar-refractivity contribution in [2.24, 2.45) is 0 Å². The average Bonchev–Trinajstić information content (AvgIpc) is 2.38. The van der Waals surface area contributed by atoms with Crippen LogP contribution in [0.5, 0.6) is 0 Å². The van der Waals surface area contributed by atoms with Crippen molar-refractivity contribution in [1.29, 1.82) is 0 Å². The number of benzene rings is 1. The number of nitrogens with zero attached hydrogens (tertiary/aromatic N) is 1. The third-order valence-corrected chi connectivity index (χ3v) is 3.25. The SMILES string of the molecule is CCCCN(CC)c1ccc(F)cc1CNC(C)C. The topological polar surface area (TPSA) is 15.3 Å². The molecule has 0 aliphatic rings. The molecule has 108 valence electrons. The van der Waals surface area contributed by atoms with Crippen LogP contribution in [0.4, 0.5) is 10.1 Å². The first kappa shape index (κ1) is 16.0. The summed E-state index contributed by atoms with van der Waals surface area (Å²) in [6.07, 6.45) is 2.35. The van der Waals surface area contributed by atoms with Crippen LogP contribution in [0.1, 0.15) is 46.1 Å². The Morgan fingerprint density at radius 1 is 1.26 bits per heavy atom. The molecule has 0 amide bonds. The molecule has 0 radical (unpaired) electrons. The molecule has 1 aromatic rings. The monoisotopic (exact) mass is 266 g/mol. The summed E-state index contributed by atoms with van der Waals surface area (Å²) in [7, 11) is 0. The molecule has 0 unspecified atom stereocenters. The Bertz CT molecular complexity index is 377. The van der Waals surface area contributed by atoms with E-state index in [1.807, 2.05) is 6.07 Å². The molecule has 0 fully saturated rings. The fourth-order valence-electron chi connectivity index (χ4n) is 2.12. The molecule has 0 aliphatic heterocycles. The zero-order valence-corrected chi connectivity index (χ0v) is 12.7. The maximum atomic E-state index is 13.4. The Balaban J connectivity index is 2.89. The number of nitrogens with one attached hydrogen (secondary N) is 1. The molecule has 0 bridgehead atoms. The second-order valence-corrected chi connectivity index (χ2v) is 5.24. The number of hydrogen-bond donors (Lipinski definition) is 1. The quantitative estimate of drug-likeness (QED) is 0.766. The van der Waals surface area contributed by atoms with Gasteiger partial charge in [0.25, 0.3) is 0 Å². The van der Waals surface area contributed by atoms with Gasteiger partial charge in [-0.25, -0.2) is 4.39 Å². The van der Waals surface area contributed by atoms with Gasteiger partial charge in [-0.2, -0.15) is 0 Å². The minimum atomic E-state index is -0.157. The van der Waals surface area contributed by atoms with Crippen LogP contribution in [0.3, 0.4) is 0 Å². The van der Waals surface area contributed by atoms with Gasteiger partial charge in [0.1, 0.15) is 5.82 Å². The molecule has 1 N–H and O–H groups in total. The zero-order valence-electron chi connectivity index (χ0n) is 12.7. The molecular weight excluding hydrogens is 239 g/mol. The van der Waals surface area contributed by atoms with Gasteiger partial charge in [0.05, 0.1) is 0 Å². The van der Waals surface area contributed by atoms with Crippen molar-refractivity contribution in [3.8, 4) is 0 Å². The van der Waals surface area contributed by atoms with Gasteiger partial charge in [-0.3, -0.25) is 0 Å². The van der Waals surface area contributed by atoms with E-state index in [1.165, 1.54) is 12.8 Å².